The van der Waals surface area contributed by atoms with Gasteiger partial charge in [-0.15, -0.1) is 0 Å². The van der Waals surface area contributed by atoms with Crippen molar-refractivity contribution in [3.8, 4) is 5.75 Å². The highest BCUT2D eigenvalue weighted by atomic mass is 19.1. The van der Waals surface area contributed by atoms with Crippen molar-refractivity contribution in [2.75, 3.05) is 27.2 Å². The molecule has 19 heavy (non-hydrogen) atoms. The van der Waals surface area contributed by atoms with Crippen LogP contribution in [0.25, 0.3) is 0 Å². The molecule has 1 aliphatic rings. The largest absolute Gasteiger partial charge is 0.496 e. The van der Waals surface area contributed by atoms with E-state index in [4.69, 9.17) is 10.5 Å². The molecule has 4 heteroatoms. The van der Waals surface area contributed by atoms with Crippen LogP contribution in [0.4, 0.5) is 4.39 Å². The quantitative estimate of drug-likeness (QED) is 0.910. The zero-order valence-electron chi connectivity index (χ0n) is 11.9. The van der Waals surface area contributed by atoms with Crippen molar-refractivity contribution in [2.45, 2.75) is 25.6 Å². The van der Waals surface area contributed by atoms with E-state index in [0.29, 0.717) is 23.8 Å². The lowest BCUT2D eigenvalue weighted by Crippen LogP contribution is -2.21. The van der Waals surface area contributed by atoms with Crippen molar-refractivity contribution in [2.24, 2.45) is 11.7 Å². The summed E-state index contributed by atoms with van der Waals surface area (Å²) in [5, 5.41) is 0. The predicted molar refractivity (Wildman–Crippen MR) is 75.0 cm³/mol. The second-order valence-corrected chi connectivity index (χ2v) is 5.37. The van der Waals surface area contributed by atoms with Crippen LogP contribution in [0.2, 0.25) is 0 Å². The summed E-state index contributed by atoms with van der Waals surface area (Å²) in [6.45, 7) is 3.22. The van der Waals surface area contributed by atoms with Gasteiger partial charge in [0.25, 0.3) is 0 Å². The molecule has 0 aromatic heterocycles. The minimum atomic E-state index is -1.03. The van der Waals surface area contributed by atoms with Gasteiger partial charge in [-0.05, 0) is 44.5 Å². The van der Waals surface area contributed by atoms with E-state index in [0.717, 1.165) is 18.5 Å². The average Bonchev–Trinajstić information content (AvgIpc) is 2.78. The Morgan fingerprint density at radius 2 is 2.26 bits per heavy atom. The second kappa shape index (κ2) is 5.88. The second-order valence-electron chi connectivity index (χ2n) is 5.37. The third kappa shape index (κ3) is 2.74. The normalized spacial score (nSPS) is 25.5. The van der Waals surface area contributed by atoms with Crippen LogP contribution < -0.4 is 10.5 Å². The topological polar surface area (TPSA) is 38.5 Å². The van der Waals surface area contributed by atoms with Crippen molar-refractivity contribution in [3.63, 3.8) is 0 Å². The molecule has 0 aliphatic carbocycles. The number of nitrogens with two attached hydrogens (primary N) is 1. The van der Waals surface area contributed by atoms with Crippen LogP contribution in [0.5, 0.6) is 5.75 Å². The Labute approximate surface area is 114 Å². The molecule has 0 bridgehead atoms. The molecule has 1 fully saturated rings. The van der Waals surface area contributed by atoms with E-state index in [-0.39, 0.29) is 6.04 Å². The van der Waals surface area contributed by atoms with Crippen molar-refractivity contribution < 1.29 is 9.13 Å². The average molecular weight is 266 g/mol. The van der Waals surface area contributed by atoms with Gasteiger partial charge in [0.1, 0.15) is 11.9 Å². The lowest BCUT2D eigenvalue weighted by Gasteiger charge is -2.24. The minimum Gasteiger partial charge on any atom is -0.496 e. The Kier molecular flexibility index (Phi) is 4.42. The van der Waals surface area contributed by atoms with Crippen LogP contribution in [0, 0.1) is 5.92 Å². The van der Waals surface area contributed by atoms with E-state index < -0.39 is 6.17 Å². The third-order valence-electron chi connectivity index (χ3n) is 4.04. The molecule has 3 atom stereocenters. The highest BCUT2D eigenvalue weighted by Gasteiger charge is 2.32. The summed E-state index contributed by atoms with van der Waals surface area (Å²) >= 11 is 0. The Morgan fingerprint density at radius 3 is 2.79 bits per heavy atom. The zero-order valence-corrected chi connectivity index (χ0v) is 11.9. The van der Waals surface area contributed by atoms with Crippen LogP contribution >= 0.6 is 0 Å². The van der Waals surface area contributed by atoms with Gasteiger partial charge in [0.2, 0.25) is 0 Å². The van der Waals surface area contributed by atoms with Gasteiger partial charge >= 0.3 is 0 Å². The maximum absolute atomic E-state index is 14.0. The van der Waals surface area contributed by atoms with Gasteiger partial charge in [0.05, 0.1) is 7.11 Å². The lowest BCUT2D eigenvalue weighted by atomic mass is 9.93. The number of nitrogens with zero attached hydrogens (tertiary/aromatic N) is 1. The zero-order chi connectivity index (χ0) is 14.0. The molecule has 2 N–H and O–H groups in total. The summed E-state index contributed by atoms with van der Waals surface area (Å²) in [4.78, 5) is 2.26. The summed E-state index contributed by atoms with van der Waals surface area (Å²) < 4.78 is 19.3. The molecule has 0 radical (unpaired) electrons. The first-order valence-corrected chi connectivity index (χ1v) is 6.79. The molecule has 1 aliphatic heterocycles. The number of hydrogen-bond donors (Lipinski definition) is 1. The summed E-state index contributed by atoms with van der Waals surface area (Å²) in [7, 11) is 3.67. The van der Waals surface area contributed by atoms with E-state index in [9.17, 15) is 4.39 Å². The number of alkyl halides is 1. The van der Waals surface area contributed by atoms with Gasteiger partial charge in [0.15, 0.2) is 0 Å². The molecule has 0 amide bonds. The summed E-state index contributed by atoms with van der Waals surface area (Å²) in [5.74, 6) is 1.13. The standard InChI is InChI=1S/C15H23FN2O/c1-10(16)15-12(5-4-6-14(15)19-3)13-7-11(8-17)9-18(13)2/h4-6,10-11,13H,7-9,17H2,1-3H3. The van der Waals surface area contributed by atoms with Gasteiger partial charge in [0, 0.05) is 18.2 Å². The fourth-order valence-corrected chi connectivity index (χ4v) is 3.10. The lowest BCUT2D eigenvalue weighted by molar-refractivity contribution is 0.298. The van der Waals surface area contributed by atoms with Crippen LogP contribution in [-0.4, -0.2) is 32.1 Å². The van der Waals surface area contributed by atoms with Gasteiger partial charge in [-0.2, -0.15) is 0 Å². The molecular weight excluding hydrogens is 243 g/mol. The Hall–Kier alpha value is -1.13. The maximum atomic E-state index is 14.0. The Bertz CT molecular complexity index is 436. The van der Waals surface area contributed by atoms with E-state index in [1.807, 2.05) is 18.2 Å². The third-order valence-corrected chi connectivity index (χ3v) is 4.04. The molecule has 0 spiro atoms. The van der Waals surface area contributed by atoms with Crippen LogP contribution in [-0.2, 0) is 0 Å². The fourth-order valence-electron chi connectivity index (χ4n) is 3.10. The molecule has 1 aromatic rings. The van der Waals surface area contributed by atoms with Crippen LogP contribution in [0.1, 0.15) is 36.7 Å². The minimum absolute atomic E-state index is 0.233. The van der Waals surface area contributed by atoms with Crippen LogP contribution in [0.3, 0.4) is 0 Å². The highest BCUT2D eigenvalue weighted by Crippen LogP contribution is 2.41. The molecule has 3 nitrogen and oxygen atoms in total. The molecule has 1 aromatic carbocycles. The number of ether oxygens (including phenoxy) is 1. The SMILES string of the molecule is COc1cccc(C2CC(CN)CN2C)c1C(C)F. The first-order valence-electron chi connectivity index (χ1n) is 6.79. The number of methoxy groups -OCH3 is 1. The van der Waals surface area contributed by atoms with Crippen molar-refractivity contribution in [1.82, 2.24) is 4.90 Å². The van der Waals surface area contributed by atoms with Gasteiger partial charge in [-0.25, -0.2) is 4.39 Å². The molecule has 106 valence electrons. The van der Waals surface area contributed by atoms with Crippen molar-refractivity contribution >= 4 is 0 Å². The molecule has 0 saturated carbocycles. The summed E-state index contributed by atoms with van der Waals surface area (Å²) in [6, 6.07) is 6.00. The van der Waals surface area contributed by atoms with E-state index in [2.05, 4.69) is 11.9 Å². The first-order chi connectivity index (χ1) is 9.08. The Morgan fingerprint density at radius 1 is 1.53 bits per heavy atom. The van der Waals surface area contributed by atoms with Crippen molar-refractivity contribution in [3.05, 3.63) is 29.3 Å². The number of benzene rings is 1. The van der Waals surface area contributed by atoms with E-state index >= 15 is 0 Å². The molecule has 2 rings (SSSR count). The molecular formula is C15H23FN2O. The number of halogens is 1. The monoisotopic (exact) mass is 266 g/mol. The number of rotatable bonds is 4. The summed E-state index contributed by atoms with van der Waals surface area (Å²) in [5.41, 5.74) is 7.48. The Balaban J connectivity index is 2.39. The van der Waals surface area contributed by atoms with Crippen LogP contribution in [0.15, 0.2) is 18.2 Å². The smallest absolute Gasteiger partial charge is 0.126 e. The van der Waals surface area contributed by atoms with Gasteiger partial charge in [-0.1, -0.05) is 12.1 Å². The first kappa shape index (κ1) is 14.3. The van der Waals surface area contributed by atoms with Crippen molar-refractivity contribution in [1.29, 1.82) is 0 Å². The predicted octanol–water partition coefficient (Wildman–Crippen LogP) is 2.68. The van der Waals surface area contributed by atoms with Gasteiger partial charge in [-0.3, -0.25) is 4.90 Å². The molecule has 1 saturated heterocycles. The highest BCUT2D eigenvalue weighted by molar-refractivity contribution is 5.43. The summed E-state index contributed by atoms with van der Waals surface area (Å²) in [6.07, 6.45) is -0.0450. The van der Waals surface area contributed by atoms with E-state index in [1.54, 1.807) is 14.0 Å². The maximum Gasteiger partial charge on any atom is 0.126 e. The number of hydrogen-bond acceptors (Lipinski definition) is 3. The van der Waals surface area contributed by atoms with E-state index in [1.165, 1.54) is 0 Å². The molecule has 3 unspecified atom stereocenters. The number of likely N-dealkylation sites (tertiary alicyclic amines) is 1. The van der Waals surface area contributed by atoms with Gasteiger partial charge < -0.3 is 10.5 Å². The molecule has 1 heterocycles. The fraction of sp³-hybridized carbons (Fsp3) is 0.600.